The molecule has 1 saturated heterocycles. The highest BCUT2D eigenvalue weighted by molar-refractivity contribution is 4.75. The number of terminal acetylenes is 1. The topological polar surface area (TPSA) is 15.3 Å². The summed E-state index contributed by atoms with van der Waals surface area (Å²) in [6.45, 7) is 2.42. The standard InChI is InChI=1S/C7H16N2.C2H2.H2/c1-9(2)6-7-4-3-5-8-7;1-2;/h7-8H,3-6H2,1-2H3;1-2H;1H/t7-;;/m1../s1. The molecule has 0 amide bonds. The van der Waals surface area contributed by atoms with Gasteiger partial charge in [-0.05, 0) is 33.5 Å². The minimum absolute atomic E-state index is 0. The lowest BCUT2D eigenvalue weighted by atomic mass is 10.2. The fraction of sp³-hybridized carbons (Fsp3) is 0.778. The Labute approximate surface area is 71.5 Å². The molecule has 0 aromatic heterocycles. The smallest absolute Gasteiger partial charge is 0.0195 e. The van der Waals surface area contributed by atoms with Gasteiger partial charge < -0.3 is 10.2 Å². The van der Waals surface area contributed by atoms with Crippen molar-refractivity contribution < 1.29 is 1.43 Å². The summed E-state index contributed by atoms with van der Waals surface area (Å²) in [6, 6.07) is 0.764. The first kappa shape index (κ1) is 10.5. The monoisotopic (exact) mass is 156 g/mol. The normalized spacial score (nSPS) is 22.8. The Hall–Kier alpha value is -0.520. The van der Waals surface area contributed by atoms with E-state index in [-0.39, 0.29) is 1.43 Å². The molecule has 66 valence electrons. The Bertz CT molecular complexity index is 106. The first-order chi connectivity index (χ1) is 5.29. The highest BCUT2D eigenvalue weighted by atomic mass is 15.1. The van der Waals surface area contributed by atoms with Crippen molar-refractivity contribution in [2.45, 2.75) is 18.9 Å². The molecule has 0 aromatic rings. The molecule has 1 atom stereocenters. The number of nitrogens with one attached hydrogen (secondary N) is 1. The number of nitrogens with zero attached hydrogens (tertiary/aromatic N) is 1. The maximum Gasteiger partial charge on any atom is 0.0195 e. The van der Waals surface area contributed by atoms with Crippen molar-refractivity contribution in [1.82, 2.24) is 10.2 Å². The van der Waals surface area contributed by atoms with Crippen molar-refractivity contribution in [3.05, 3.63) is 0 Å². The number of likely N-dealkylation sites (N-methyl/N-ethyl adjacent to an activating group) is 1. The third-order valence-corrected chi connectivity index (χ3v) is 1.75. The van der Waals surface area contributed by atoms with Crippen LogP contribution in [0.1, 0.15) is 14.3 Å². The predicted molar refractivity (Wildman–Crippen MR) is 51.6 cm³/mol. The molecule has 0 aliphatic carbocycles. The highest BCUT2D eigenvalue weighted by Crippen LogP contribution is 2.04. The summed E-state index contributed by atoms with van der Waals surface area (Å²) in [4.78, 5) is 2.24. The minimum atomic E-state index is 0. The fourth-order valence-electron chi connectivity index (χ4n) is 1.35. The summed E-state index contributed by atoms with van der Waals surface area (Å²) in [5.74, 6) is 0. The fourth-order valence-corrected chi connectivity index (χ4v) is 1.35. The maximum absolute atomic E-state index is 4.00. The van der Waals surface area contributed by atoms with Crippen molar-refractivity contribution in [3.63, 3.8) is 0 Å². The van der Waals surface area contributed by atoms with Crippen molar-refractivity contribution in [2.24, 2.45) is 0 Å². The van der Waals surface area contributed by atoms with Gasteiger partial charge in [-0.25, -0.2) is 0 Å². The first-order valence-electron chi connectivity index (χ1n) is 4.00. The lowest BCUT2D eigenvalue weighted by Gasteiger charge is -2.15. The van der Waals surface area contributed by atoms with Gasteiger partial charge in [0.25, 0.3) is 0 Å². The zero-order valence-electron chi connectivity index (χ0n) is 7.51. The Morgan fingerprint density at radius 1 is 1.55 bits per heavy atom. The van der Waals surface area contributed by atoms with Gasteiger partial charge >= 0.3 is 0 Å². The van der Waals surface area contributed by atoms with Gasteiger partial charge in [-0.2, -0.15) is 0 Å². The zero-order valence-corrected chi connectivity index (χ0v) is 7.51. The van der Waals surface area contributed by atoms with Crippen LogP contribution in [0.4, 0.5) is 0 Å². The largest absolute Gasteiger partial charge is 0.313 e. The Morgan fingerprint density at radius 2 is 2.18 bits per heavy atom. The van der Waals surface area contributed by atoms with Crippen molar-refractivity contribution in [3.8, 4) is 12.8 Å². The van der Waals surface area contributed by atoms with Crippen LogP contribution in [0.25, 0.3) is 0 Å². The third-order valence-electron chi connectivity index (χ3n) is 1.75. The van der Waals surface area contributed by atoms with Gasteiger partial charge in [-0.15, -0.1) is 12.8 Å². The quantitative estimate of drug-likeness (QED) is 0.595. The summed E-state index contributed by atoms with van der Waals surface area (Å²) in [6.07, 6.45) is 10.7. The van der Waals surface area contributed by atoms with Gasteiger partial charge in [-0.3, -0.25) is 0 Å². The molecule has 2 nitrogen and oxygen atoms in total. The van der Waals surface area contributed by atoms with Gasteiger partial charge in [0, 0.05) is 14.0 Å². The molecule has 1 heterocycles. The highest BCUT2D eigenvalue weighted by Gasteiger charge is 2.13. The van der Waals surface area contributed by atoms with E-state index in [1.165, 1.54) is 25.9 Å². The van der Waals surface area contributed by atoms with Crippen molar-refractivity contribution in [2.75, 3.05) is 27.2 Å². The molecule has 1 rings (SSSR count). The van der Waals surface area contributed by atoms with Crippen LogP contribution in [0.15, 0.2) is 0 Å². The molecule has 1 aliphatic rings. The molecular weight excluding hydrogens is 136 g/mol. The van der Waals surface area contributed by atoms with Crippen LogP contribution in [0.2, 0.25) is 0 Å². The lowest BCUT2D eigenvalue weighted by Crippen LogP contribution is -2.33. The van der Waals surface area contributed by atoms with E-state index in [2.05, 4.69) is 37.2 Å². The third kappa shape index (κ3) is 4.83. The van der Waals surface area contributed by atoms with E-state index in [1.807, 2.05) is 0 Å². The van der Waals surface area contributed by atoms with Gasteiger partial charge in [0.2, 0.25) is 0 Å². The van der Waals surface area contributed by atoms with Crippen LogP contribution in [-0.4, -0.2) is 38.1 Å². The molecular formula is C9H20N2. The van der Waals surface area contributed by atoms with Crippen LogP contribution in [0, 0.1) is 12.8 Å². The van der Waals surface area contributed by atoms with E-state index in [4.69, 9.17) is 0 Å². The van der Waals surface area contributed by atoms with E-state index in [0.717, 1.165) is 6.04 Å². The summed E-state index contributed by atoms with van der Waals surface area (Å²) < 4.78 is 0. The molecule has 0 radical (unpaired) electrons. The first-order valence-corrected chi connectivity index (χ1v) is 4.00. The van der Waals surface area contributed by atoms with Crippen LogP contribution in [0.3, 0.4) is 0 Å². The average molecular weight is 156 g/mol. The molecule has 0 aromatic carbocycles. The van der Waals surface area contributed by atoms with Crippen molar-refractivity contribution in [1.29, 1.82) is 0 Å². The molecule has 2 heteroatoms. The summed E-state index contributed by atoms with van der Waals surface area (Å²) >= 11 is 0. The van der Waals surface area contributed by atoms with Gasteiger partial charge in [0.05, 0.1) is 0 Å². The lowest BCUT2D eigenvalue weighted by molar-refractivity contribution is 0.357. The van der Waals surface area contributed by atoms with Crippen LogP contribution in [-0.2, 0) is 0 Å². The van der Waals surface area contributed by atoms with Crippen LogP contribution in [0.5, 0.6) is 0 Å². The Balaban J connectivity index is 0. The van der Waals surface area contributed by atoms with Gasteiger partial charge in [0.15, 0.2) is 0 Å². The molecule has 1 N–H and O–H groups in total. The number of rotatable bonds is 2. The molecule has 1 fully saturated rings. The SMILES string of the molecule is C#C.CN(C)C[C@H]1CCCN1.[HH]. The van der Waals surface area contributed by atoms with Gasteiger partial charge in [0.1, 0.15) is 0 Å². The summed E-state index contributed by atoms with van der Waals surface area (Å²) in [5.41, 5.74) is 0. The van der Waals surface area contributed by atoms with E-state index in [9.17, 15) is 0 Å². The zero-order chi connectivity index (χ0) is 8.69. The van der Waals surface area contributed by atoms with Gasteiger partial charge in [-0.1, -0.05) is 0 Å². The summed E-state index contributed by atoms with van der Waals surface area (Å²) in [5, 5.41) is 3.45. The summed E-state index contributed by atoms with van der Waals surface area (Å²) in [7, 11) is 4.25. The second-order valence-corrected chi connectivity index (χ2v) is 3.06. The van der Waals surface area contributed by atoms with Crippen LogP contribution >= 0.6 is 0 Å². The van der Waals surface area contributed by atoms with E-state index in [1.54, 1.807) is 0 Å². The van der Waals surface area contributed by atoms with E-state index in [0.29, 0.717) is 0 Å². The predicted octanol–water partition coefficient (Wildman–Crippen LogP) is 0.795. The maximum atomic E-state index is 4.00. The van der Waals surface area contributed by atoms with Crippen molar-refractivity contribution >= 4 is 0 Å². The second-order valence-electron chi connectivity index (χ2n) is 3.06. The molecule has 0 unspecified atom stereocenters. The van der Waals surface area contributed by atoms with E-state index >= 15 is 0 Å². The second kappa shape index (κ2) is 6.21. The number of hydrogen-bond acceptors (Lipinski definition) is 2. The molecule has 0 bridgehead atoms. The Kier molecular flexibility index (Phi) is 5.91. The minimum Gasteiger partial charge on any atom is -0.313 e. The van der Waals surface area contributed by atoms with E-state index < -0.39 is 0 Å². The molecule has 0 spiro atoms. The van der Waals surface area contributed by atoms with Crippen LogP contribution < -0.4 is 5.32 Å². The number of hydrogen-bond donors (Lipinski definition) is 1. The molecule has 0 saturated carbocycles. The average Bonchev–Trinajstić information content (AvgIpc) is 2.43. The molecule has 11 heavy (non-hydrogen) atoms. The molecule has 1 aliphatic heterocycles. The Morgan fingerprint density at radius 3 is 2.55 bits per heavy atom.